The molecule has 4 aromatic rings. The maximum Gasteiger partial charge on any atom is 0.0406 e. The van der Waals surface area contributed by atoms with Crippen molar-refractivity contribution in [2.75, 3.05) is 131 Å². The van der Waals surface area contributed by atoms with Crippen LogP contribution in [0.2, 0.25) is 20.1 Å². The van der Waals surface area contributed by atoms with E-state index in [1.165, 1.54) is 74.1 Å². The Morgan fingerprint density at radius 3 is 0.657 bits per heavy atom. The zero-order valence-corrected chi connectivity index (χ0v) is 43.5. The molecule has 67 heavy (non-hydrogen) atoms. The topological polar surface area (TPSA) is 25.9 Å². The largest absolute Gasteiger partial charge is 0.301 e. The summed E-state index contributed by atoms with van der Waals surface area (Å²) in [5, 5.41) is 4.55. The Hall–Kier alpha value is -1.93. The van der Waals surface area contributed by atoms with Gasteiger partial charge in [-0.2, -0.15) is 11.8 Å². The van der Waals surface area contributed by atoms with Crippen LogP contribution in [0.1, 0.15) is 47.9 Å². The number of hydrogen-bond acceptors (Lipinski definition) is 9. The minimum Gasteiger partial charge on any atom is -0.301 e. The molecule has 0 aliphatic carbocycles. The third kappa shape index (κ3) is 17.7. The molecule has 364 valence electrons. The highest BCUT2D eigenvalue weighted by atomic mass is 35.5. The summed E-state index contributed by atoms with van der Waals surface area (Å²) in [6.07, 6.45) is 5.06. The van der Waals surface area contributed by atoms with E-state index in [1.807, 2.05) is 48.5 Å². The van der Waals surface area contributed by atoms with Gasteiger partial charge in [-0.1, -0.05) is 94.9 Å². The predicted molar refractivity (Wildman–Crippen MR) is 286 cm³/mol. The highest BCUT2D eigenvalue weighted by Crippen LogP contribution is 2.30. The molecule has 8 rings (SSSR count). The first-order chi connectivity index (χ1) is 32.7. The average Bonchev–Trinajstić information content (AvgIpc) is 3.35. The Labute approximate surface area is 427 Å². The number of benzene rings is 4. The van der Waals surface area contributed by atoms with Crippen LogP contribution < -0.4 is 0 Å². The minimum absolute atomic E-state index is 0.650. The van der Waals surface area contributed by atoms with Gasteiger partial charge in [0.05, 0.1) is 0 Å². The summed E-state index contributed by atoms with van der Waals surface area (Å²) in [7, 11) is 0. The summed E-state index contributed by atoms with van der Waals surface area (Å²) in [6.45, 7) is 27.0. The van der Waals surface area contributed by atoms with Crippen LogP contribution in [0.15, 0.2) is 97.1 Å². The van der Waals surface area contributed by atoms with Crippen molar-refractivity contribution in [3.05, 3.63) is 139 Å². The SMILES string of the molecule is Clc1ccc(CN2CCN(CCC(CCN3CCN(Cc4ccc(Cl)cc4)CC3)SC(CCN3CCN(Cc4ccc(Cl)cc4)CC3)CCN3CCN(Cc4ccc(Cl)cc4)CC3)CC2)cc1. The second-order valence-electron chi connectivity index (χ2n) is 19.5. The van der Waals surface area contributed by atoms with E-state index >= 15 is 0 Å². The second kappa shape index (κ2) is 27.0. The van der Waals surface area contributed by atoms with E-state index in [9.17, 15) is 0 Å². The summed E-state index contributed by atoms with van der Waals surface area (Å²) in [4.78, 5) is 21.5. The van der Waals surface area contributed by atoms with Gasteiger partial charge in [-0.25, -0.2) is 0 Å². The Morgan fingerprint density at radius 2 is 0.463 bits per heavy atom. The van der Waals surface area contributed by atoms with Crippen molar-refractivity contribution in [2.24, 2.45) is 0 Å². The Bertz CT molecular complexity index is 1710. The van der Waals surface area contributed by atoms with Gasteiger partial charge in [-0.05, 0) is 123 Å². The smallest absolute Gasteiger partial charge is 0.0406 e. The summed E-state index contributed by atoms with van der Waals surface area (Å²) in [5.41, 5.74) is 5.41. The first-order valence-electron chi connectivity index (χ1n) is 25.1. The lowest BCUT2D eigenvalue weighted by Crippen LogP contribution is -2.47. The van der Waals surface area contributed by atoms with Crippen LogP contribution in [0.5, 0.6) is 0 Å². The van der Waals surface area contributed by atoms with E-state index in [0.717, 1.165) is 151 Å². The molecule has 4 aromatic carbocycles. The van der Waals surface area contributed by atoms with E-state index in [1.54, 1.807) is 0 Å². The Kier molecular flexibility index (Phi) is 20.8. The van der Waals surface area contributed by atoms with Crippen molar-refractivity contribution in [3.8, 4) is 0 Å². The molecule has 4 fully saturated rings. The summed E-state index contributed by atoms with van der Waals surface area (Å²) in [5.74, 6) is 0. The van der Waals surface area contributed by atoms with E-state index in [4.69, 9.17) is 46.4 Å². The van der Waals surface area contributed by atoms with Crippen LogP contribution in [-0.4, -0.2) is 181 Å². The molecule has 0 radical (unpaired) electrons. The van der Waals surface area contributed by atoms with Crippen LogP contribution in [0.4, 0.5) is 0 Å². The first-order valence-corrected chi connectivity index (χ1v) is 27.6. The quantitative estimate of drug-likeness (QED) is 0.0763. The molecule has 0 amide bonds. The van der Waals surface area contributed by atoms with E-state index in [0.29, 0.717) is 10.5 Å². The number of hydrogen-bond donors (Lipinski definition) is 0. The van der Waals surface area contributed by atoms with Crippen molar-refractivity contribution in [1.82, 2.24) is 39.2 Å². The fourth-order valence-electron chi connectivity index (χ4n) is 10.2. The van der Waals surface area contributed by atoms with Crippen LogP contribution in [-0.2, 0) is 26.2 Å². The second-order valence-corrected chi connectivity index (χ2v) is 22.9. The van der Waals surface area contributed by atoms with Gasteiger partial charge >= 0.3 is 0 Å². The Balaban J connectivity index is 0.868. The standard InChI is InChI=1S/C54H74Cl4N8S/c55-49-9-1-45(2-10-49)41-63-33-25-59(26-34-63)21-17-53(18-22-60-27-35-64(36-28-60)42-46-3-11-50(56)12-4-46)67-54(19-23-61-29-37-65(38-30-61)43-47-5-13-51(57)14-6-47)20-24-62-31-39-66(40-32-62)44-48-7-15-52(58)16-8-48/h1-16,53-54H,17-44H2. The van der Waals surface area contributed by atoms with Crippen LogP contribution in [0.25, 0.3) is 0 Å². The van der Waals surface area contributed by atoms with Gasteiger partial charge in [0, 0.05) is 161 Å². The summed E-state index contributed by atoms with van der Waals surface area (Å²) >= 11 is 27.1. The summed E-state index contributed by atoms with van der Waals surface area (Å²) < 4.78 is 0. The number of piperazine rings is 4. The monoisotopic (exact) mass is 1010 g/mol. The molecule has 0 unspecified atom stereocenters. The minimum atomic E-state index is 0.650. The average molecular weight is 1010 g/mol. The lowest BCUT2D eigenvalue weighted by Gasteiger charge is -2.38. The van der Waals surface area contributed by atoms with Gasteiger partial charge in [0.25, 0.3) is 0 Å². The van der Waals surface area contributed by atoms with Gasteiger partial charge in [0.1, 0.15) is 0 Å². The zero-order valence-electron chi connectivity index (χ0n) is 39.7. The number of thioether (sulfide) groups is 1. The third-order valence-electron chi connectivity index (χ3n) is 14.6. The van der Waals surface area contributed by atoms with Crippen molar-refractivity contribution < 1.29 is 0 Å². The fraction of sp³-hybridized carbons (Fsp3) is 0.556. The third-order valence-corrected chi connectivity index (χ3v) is 17.3. The number of halogens is 4. The molecule has 4 heterocycles. The van der Waals surface area contributed by atoms with Gasteiger partial charge in [0.15, 0.2) is 0 Å². The molecule has 0 spiro atoms. The molecule has 0 N–H and O–H groups in total. The zero-order chi connectivity index (χ0) is 46.2. The molecular weight excluding hydrogens is 935 g/mol. The van der Waals surface area contributed by atoms with Gasteiger partial charge in [0.2, 0.25) is 0 Å². The van der Waals surface area contributed by atoms with Crippen molar-refractivity contribution in [2.45, 2.75) is 62.4 Å². The fourth-order valence-corrected chi connectivity index (χ4v) is 12.2. The van der Waals surface area contributed by atoms with Gasteiger partial charge in [-0.3, -0.25) is 19.6 Å². The van der Waals surface area contributed by atoms with Crippen molar-refractivity contribution >= 4 is 58.2 Å². The van der Waals surface area contributed by atoms with Crippen LogP contribution in [0.3, 0.4) is 0 Å². The predicted octanol–water partition coefficient (Wildman–Crippen LogP) is 9.90. The van der Waals surface area contributed by atoms with E-state index in [2.05, 4.69) is 99.5 Å². The van der Waals surface area contributed by atoms with Crippen molar-refractivity contribution in [3.63, 3.8) is 0 Å². The van der Waals surface area contributed by atoms with E-state index in [-0.39, 0.29) is 0 Å². The molecule has 8 nitrogen and oxygen atoms in total. The molecule has 13 heteroatoms. The van der Waals surface area contributed by atoms with Crippen molar-refractivity contribution in [1.29, 1.82) is 0 Å². The molecule has 0 bridgehead atoms. The normalized spacial score (nSPS) is 19.6. The maximum atomic E-state index is 6.19. The molecule has 4 aliphatic heterocycles. The molecule has 4 aliphatic rings. The maximum absolute atomic E-state index is 6.19. The van der Waals surface area contributed by atoms with Crippen LogP contribution in [0, 0.1) is 0 Å². The molecule has 0 aromatic heterocycles. The first kappa shape index (κ1) is 51.4. The molecular formula is C54H74Cl4N8S. The molecule has 0 saturated carbocycles. The highest BCUT2D eigenvalue weighted by Gasteiger charge is 2.26. The van der Waals surface area contributed by atoms with E-state index < -0.39 is 0 Å². The Morgan fingerprint density at radius 1 is 0.284 bits per heavy atom. The lowest BCUT2D eigenvalue weighted by molar-refractivity contribution is 0.119. The highest BCUT2D eigenvalue weighted by molar-refractivity contribution is 8.00. The lowest BCUT2D eigenvalue weighted by atomic mass is 10.1. The molecule has 0 atom stereocenters. The van der Waals surface area contributed by atoms with Crippen LogP contribution >= 0.6 is 58.2 Å². The summed E-state index contributed by atoms with van der Waals surface area (Å²) in [6, 6.07) is 33.6. The molecule has 4 saturated heterocycles. The van der Waals surface area contributed by atoms with Gasteiger partial charge < -0.3 is 19.6 Å². The number of nitrogens with zero attached hydrogens (tertiary/aromatic N) is 8. The van der Waals surface area contributed by atoms with Gasteiger partial charge in [-0.15, -0.1) is 0 Å². The number of rotatable bonds is 22.